The molecular formula is C34H30Cl2F6N4O7. The van der Waals surface area contributed by atoms with Crippen molar-refractivity contribution in [3.05, 3.63) is 102 Å². The Morgan fingerprint density at radius 2 is 0.981 bits per heavy atom. The number of rotatable bonds is 14. The molecule has 19 heteroatoms. The molecule has 4 aromatic rings. The average molecular weight is 792 g/mol. The molecule has 0 atom stereocenters. The first kappa shape index (κ1) is 40.9. The Morgan fingerprint density at radius 3 is 1.26 bits per heavy atom. The normalized spacial score (nSPS) is 12.0. The van der Waals surface area contributed by atoms with Crippen LogP contribution in [0.1, 0.15) is 11.1 Å². The van der Waals surface area contributed by atoms with Crippen LogP contribution >= 0.6 is 23.2 Å². The van der Waals surface area contributed by atoms with Crippen molar-refractivity contribution in [2.45, 2.75) is 12.4 Å². The molecule has 0 saturated heterocycles. The molecule has 0 amide bonds. The molecule has 0 N–H and O–H groups in total. The van der Waals surface area contributed by atoms with Crippen LogP contribution in [0.15, 0.2) is 60.7 Å². The monoisotopic (exact) mass is 790 g/mol. The van der Waals surface area contributed by atoms with Crippen LogP contribution in [0.25, 0.3) is 22.3 Å². The molecule has 0 saturated carbocycles. The molecule has 11 nitrogen and oxygen atoms in total. The van der Waals surface area contributed by atoms with E-state index in [0.717, 1.165) is 36.4 Å². The number of hydrogen-bond donors (Lipinski definition) is 0. The maximum Gasteiger partial charge on any atom is 0.416 e. The highest BCUT2D eigenvalue weighted by atomic mass is 35.5. The van der Waals surface area contributed by atoms with Gasteiger partial charge >= 0.3 is 23.7 Å². The Labute approximate surface area is 308 Å². The number of nitrogens with zero attached hydrogens (tertiary/aromatic N) is 4. The van der Waals surface area contributed by atoms with E-state index in [0.29, 0.717) is 24.3 Å². The molecule has 0 fully saturated rings. The summed E-state index contributed by atoms with van der Waals surface area (Å²) in [5.74, 6) is -1.46. The second kappa shape index (κ2) is 16.4. The van der Waals surface area contributed by atoms with Crippen molar-refractivity contribution in [2.24, 2.45) is 0 Å². The molecule has 0 aliphatic heterocycles. The predicted molar refractivity (Wildman–Crippen MR) is 185 cm³/mol. The molecular weight excluding hydrogens is 761 g/mol. The van der Waals surface area contributed by atoms with Crippen molar-refractivity contribution in [2.75, 3.05) is 54.5 Å². The van der Waals surface area contributed by atoms with E-state index in [2.05, 4.69) is 0 Å². The zero-order valence-corrected chi connectivity index (χ0v) is 29.8. The third-order valence-electron chi connectivity index (χ3n) is 7.51. The van der Waals surface area contributed by atoms with E-state index in [4.69, 9.17) is 37.4 Å². The smallest absolute Gasteiger partial charge is 0.416 e. The van der Waals surface area contributed by atoms with Crippen LogP contribution in [0.4, 0.5) is 37.7 Å². The van der Waals surface area contributed by atoms with Crippen molar-refractivity contribution in [1.82, 2.24) is 9.80 Å². The number of nitro benzene ring substituents is 2. The summed E-state index contributed by atoms with van der Waals surface area (Å²) >= 11 is 12.8. The van der Waals surface area contributed by atoms with E-state index >= 15 is 0 Å². The lowest BCUT2D eigenvalue weighted by Crippen LogP contribution is -2.20. The highest BCUT2D eigenvalue weighted by molar-refractivity contribution is 6.34. The highest BCUT2D eigenvalue weighted by Gasteiger charge is 2.35. The topological polar surface area (TPSA) is 120 Å². The van der Waals surface area contributed by atoms with Crippen LogP contribution in [0.3, 0.4) is 0 Å². The summed E-state index contributed by atoms with van der Waals surface area (Å²) in [6, 6.07) is 8.77. The molecule has 284 valence electrons. The molecule has 0 aromatic heterocycles. The molecule has 53 heavy (non-hydrogen) atoms. The van der Waals surface area contributed by atoms with Crippen LogP contribution in [0.2, 0.25) is 10.0 Å². The highest BCUT2D eigenvalue weighted by Crippen LogP contribution is 2.53. The van der Waals surface area contributed by atoms with Gasteiger partial charge in [-0.25, -0.2) is 0 Å². The maximum absolute atomic E-state index is 13.6. The lowest BCUT2D eigenvalue weighted by Gasteiger charge is -2.21. The third-order valence-corrected chi connectivity index (χ3v) is 8.14. The number of halogens is 8. The van der Waals surface area contributed by atoms with Crippen molar-refractivity contribution in [3.63, 3.8) is 0 Å². The number of benzene rings is 4. The Kier molecular flexibility index (Phi) is 12.7. The first-order chi connectivity index (χ1) is 24.7. The fourth-order valence-corrected chi connectivity index (χ4v) is 5.48. The van der Waals surface area contributed by atoms with E-state index in [9.17, 15) is 46.6 Å². The van der Waals surface area contributed by atoms with Crippen molar-refractivity contribution in [1.29, 1.82) is 0 Å². The summed E-state index contributed by atoms with van der Waals surface area (Å²) in [5, 5.41) is 23.5. The summed E-state index contributed by atoms with van der Waals surface area (Å²) in [5.41, 5.74) is -4.36. The summed E-state index contributed by atoms with van der Waals surface area (Å²) < 4.78 is 99.7. The molecule has 4 aromatic carbocycles. The minimum Gasteiger partial charge on any atom is -0.485 e. The van der Waals surface area contributed by atoms with Gasteiger partial charge in [0, 0.05) is 46.4 Å². The molecule has 0 radical (unpaired) electrons. The molecule has 0 bridgehead atoms. The van der Waals surface area contributed by atoms with E-state index in [1.54, 1.807) is 38.0 Å². The second-order valence-corrected chi connectivity index (χ2v) is 12.7. The summed E-state index contributed by atoms with van der Waals surface area (Å²) in [6.45, 7) is 0.205. The van der Waals surface area contributed by atoms with Crippen molar-refractivity contribution in [3.8, 4) is 45.3 Å². The fraction of sp³-hybridized carbons (Fsp3) is 0.294. The molecule has 0 spiro atoms. The Balaban J connectivity index is 2.07. The SMILES string of the molecule is CN(C)CCOc1c([N+](=O)[O-])ccc(Oc2ccc([N+](=O)[O-])c(OCCN(C)C)c2-c2ccc(C(F)(F)F)cc2Cl)c1-c1ccc(C(F)(F)F)cc1Cl. The first-order valence-electron chi connectivity index (χ1n) is 15.3. The van der Waals surface area contributed by atoms with Crippen LogP contribution in [0, 0.1) is 20.2 Å². The molecule has 0 heterocycles. The summed E-state index contributed by atoms with van der Waals surface area (Å²) in [7, 11) is 6.80. The van der Waals surface area contributed by atoms with Crippen molar-refractivity contribution < 1.29 is 50.4 Å². The van der Waals surface area contributed by atoms with Gasteiger partial charge in [-0.1, -0.05) is 35.3 Å². The van der Waals surface area contributed by atoms with Crippen LogP contribution in [-0.4, -0.2) is 74.1 Å². The fourth-order valence-electron chi connectivity index (χ4n) is 4.93. The first-order valence-corrected chi connectivity index (χ1v) is 16.1. The minimum absolute atomic E-state index is 0.143. The largest absolute Gasteiger partial charge is 0.485 e. The van der Waals surface area contributed by atoms with Gasteiger partial charge in [-0.2, -0.15) is 26.3 Å². The number of ether oxygens (including phenoxy) is 3. The summed E-state index contributed by atoms with van der Waals surface area (Å²) in [6.07, 6.45) is -9.60. The second-order valence-electron chi connectivity index (χ2n) is 11.9. The van der Waals surface area contributed by atoms with E-state index < -0.39 is 66.2 Å². The van der Waals surface area contributed by atoms with E-state index in [1.807, 2.05) is 0 Å². The third kappa shape index (κ3) is 9.78. The van der Waals surface area contributed by atoms with Gasteiger partial charge in [0.25, 0.3) is 0 Å². The predicted octanol–water partition coefficient (Wildman–Crippen LogP) is 9.85. The Bertz CT molecular complexity index is 1870. The van der Waals surface area contributed by atoms with Gasteiger partial charge in [0.1, 0.15) is 24.7 Å². The molecule has 0 aliphatic rings. The van der Waals surface area contributed by atoms with Crippen LogP contribution in [0.5, 0.6) is 23.0 Å². The molecule has 4 rings (SSSR count). The maximum atomic E-state index is 13.6. The van der Waals surface area contributed by atoms with Gasteiger partial charge in [0.05, 0.1) is 32.1 Å². The van der Waals surface area contributed by atoms with Gasteiger partial charge in [0.15, 0.2) is 0 Å². The van der Waals surface area contributed by atoms with Gasteiger partial charge in [-0.05, 0) is 64.6 Å². The van der Waals surface area contributed by atoms with Crippen LogP contribution in [-0.2, 0) is 12.4 Å². The molecule has 0 unspecified atom stereocenters. The lowest BCUT2D eigenvalue weighted by atomic mass is 9.99. The number of alkyl halides is 6. The Hall–Kier alpha value is -4.84. The average Bonchev–Trinajstić information content (AvgIpc) is 3.04. The quantitative estimate of drug-likeness (QED) is 0.0698. The molecule has 0 aliphatic carbocycles. The summed E-state index contributed by atoms with van der Waals surface area (Å²) in [4.78, 5) is 26.3. The Morgan fingerprint density at radius 1 is 0.623 bits per heavy atom. The standard InChI is InChI=1S/C34H30Cl2F6N4O7/c1-43(2)13-15-51-31-25(45(47)48)9-11-27(29(31)21-7-5-19(17-23(21)35)33(37,38)39)53-28-12-10-26(46(49)50)32(52-16-14-44(3)4)30(28)22-8-6-20(18-24(22)36)34(40,41)42/h5-12,17-18H,13-16H2,1-4H3. The van der Waals surface area contributed by atoms with Gasteiger partial charge in [0.2, 0.25) is 11.5 Å². The van der Waals surface area contributed by atoms with Crippen LogP contribution < -0.4 is 14.2 Å². The van der Waals surface area contributed by atoms with E-state index in [-0.39, 0.29) is 60.1 Å². The minimum atomic E-state index is -4.80. The lowest BCUT2D eigenvalue weighted by molar-refractivity contribution is -0.385. The van der Waals surface area contributed by atoms with Gasteiger partial charge < -0.3 is 24.0 Å². The number of hydrogen-bond acceptors (Lipinski definition) is 9. The number of nitro groups is 2. The zero-order valence-electron chi connectivity index (χ0n) is 28.3. The zero-order chi connectivity index (χ0) is 39.4. The van der Waals surface area contributed by atoms with Gasteiger partial charge in [-0.15, -0.1) is 0 Å². The number of likely N-dealkylation sites (N-methyl/N-ethyl adjacent to an activating group) is 2. The van der Waals surface area contributed by atoms with Crippen molar-refractivity contribution >= 4 is 34.6 Å². The van der Waals surface area contributed by atoms with Gasteiger partial charge in [-0.3, -0.25) is 20.2 Å². The van der Waals surface area contributed by atoms with E-state index in [1.165, 1.54) is 0 Å².